The average Bonchev–Trinajstić information content (AvgIpc) is 2.42. The lowest BCUT2D eigenvalue weighted by molar-refractivity contribution is 0.188. The molecule has 0 aromatic heterocycles. The minimum absolute atomic E-state index is 0.209. The number of nitrogens with one attached hydrogen (secondary N) is 1. The second-order valence-electron chi connectivity index (χ2n) is 5.38. The average molecular weight is 279 g/mol. The van der Waals surface area contributed by atoms with Gasteiger partial charge in [0.1, 0.15) is 5.75 Å². The Balaban J connectivity index is 2.71. The molecule has 0 fully saturated rings. The Morgan fingerprint density at radius 1 is 1.25 bits per heavy atom. The van der Waals surface area contributed by atoms with Crippen molar-refractivity contribution in [1.82, 2.24) is 5.32 Å². The fraction of sp³-hybridized carbons (Fsp3) is 0.647. The lowest BCUT2D eigenvalue weighted by Crippen LogP contribution is -2.22. The molecule has 1 aromatic rings. The second-order valence-corrected chi connectivity index (χ2v) is 5.38. The smallest absolute Gasteiger partial charge is 0.120 e. The zero-order valence-corrected chi connectivity index (χ0v) is 13.3. The third-order valence-corrected chi connectivity index (χ3v) is 3.11. The molecule has 0 aliphatic rings. The Morgan fingerprint density at radius 3 is 2.70 bits per heavy atom. The number of hydrogen-bond donors (Lipinski definition) is 1. The highest BCUT2D eigenvalue weighted by molar-refractivity contribution is 5.30. The molecule has 0 aliphatic heterocycles. The predicted octanol–water partition coefficient (Wildman–Crippen LogP) is 3.94. The first-order valence-corrected chi connectivity index (χ1v) is 7.66. The van der Waals surface area contributed by atoms with Crippen LogP contribution in [0.3, 0.4) is 0 Å². The van der Waals surface area contributed by atoms with Gasteiger partial charge in [-0.1, -0.05) is 19.1 Å². The van der Waals surface area contributed by atoms with E-state index >= 15 is 0 Å². The highest BCUT2D eigenvalue weighted by atomic mass is 16.5. The summed E-state index contributed by atoms with van der Waals surface area (Å²) in [5.41, 5.74) is 1.30. The van der Waals surface area contributed by atoms with Gasteiger partial charge in [-0.2, -0.15) is 0 Å². The number of rotatable bonds is 10. The van der Waals surface area contributed by atoms with Crippen LogP contribution in [0, 0.1) is 0 Å². The number of hydrogen-bond acceptors (Lipinski definition) is 3. The third kappa shape index (κ3) is 6.40. The Labute approximate surface area is 123 Å². The molecule has 1 unspecified atom stereocenters. The van der Waals surface area contributed by atoms with E-state index < -0.39 is 0 Å². The topological polar surface area (TPSA) is 30.5 Å². The van der Waals surface area contributed by atoms with Crippen LogP contribution < -0.4 is 10.1 Å². The van der Waals surface area contributed by atoms with Crippen LogP contribution in [0.25, 0.3) is 0 Å². The Hall–Kier alpha value is -1.06. The number of methoxy groups -OCH3 is 1. The molecule has 0 amide bonds. The summed E-state index contributed by atoms with van der Waals surface area (Å²) in [6.07, 6.45) is 3.50. The van der Waals surface area contributed by atoms with E-state index in [1.165, 1.54) is 5.56 Å². The van der Waals surface area contributed by atoms with Gasteiger partial charge < -0.3 is 14.8 Å². The van der Waals surface area contributed by atoms with Crippen molar-refractivity contribution in [3.05, 3.63) is 29.8 Å². The fourth-order valence-electron chi connectivity index (χ4n) is 2.21. The third-order valence-electron chi connectivity index (χ3n) is 3.11. The summed E-state index contributed by atoms with van der Waals surface area (Å²) >= 11 is 0. The Morgan fingerprint density at radius 2 is 2.05 bits per heavy atom. The number of ether oxygens (including phenoxy) is 2. The van der Waals surface area contributed by atoms with Crippen LogP contribution in [-0.2, 0) is 4.74 Å². The second kappa shape index (κ2) is 9.78. The van der Waals surface area contributed by atoms with Crippen molar-refractivity contribution in [3.8, 4) is 5.75 Å². The maximum Gasteiger partial charge on any atom is 0.120 e. The normalized spacial score (nSPS) is 12.7. The van der Waals surface area contributed by atoms with E-state index in [1.54, 1.807) is 7.11 Å². The van der Waals surface area contributed by atoms with Crippen molar-refractivity contribution >= 4 is 0 Å². The molecular weight excluding hydrogens is 250 g/mol. The van der Waals surface area contributed by atoms with Crippen LogP contribution in [0.2, 0.25) is 0 Å². The van der Waals surface area contributed by atoms with Crippen LogP contribution in [0.4, 0.5) is 0 Å². The van der Waals surface area contributed by atoms with E-state index in [2.05, 4.69) is 44.3 Å². The van der Waals surface area contributed by atoms with Crippen LogP contribution in [0.1, 0.15) is 51.6 Å². The van der Waals surface area contributed by atoms with E-state index in [0.29, 0.717) is 6.04 Å². The van der Waals surface area contributed by atoms with Crippen molar-refractivity contribution < 1.29 is 9.47 Å². The van der Waals surface area contributed by atoms with Gasteiger partial charge in [0.25, 0.3) is 0 Å². The minimum Gasteiger partial charge on any atom is -0.491 e. The molecule has 3 heteroatoms. The maximum atomic E-state index is 5.78. The first-order chi connectivity index (χ1) is 9.67. The summed E-state index contributed by atoms with van der Waals surface area (Å²) in [7, 11) is 1.76. The van der Waals surface area contributed by atoms with Gasteiger partial charge in [0.05, 0.1) is 6.10 Å². The first-order valence-electron chi connectivity index (χ1n) is 7.66. The summed E-state index contributed by atoms with van der Waals surface area (Å²) in [6, 6.07) is 8.80. The van der Waals surface area contributed by atoms with Crippen molar-refractivity contribution in [3.63, 3.8) is 0 Å². The molecule has 114 valence electrons. The molecule has 0 radical (unpaired) electrons. The molecular formula is C17H29NO2. The SMILES string of the molecule is CCCNC(CCCOC)c1cccc(OC(C)C)c1. The van der Waals surface area contributed by atoms with Gasteiger partial charge in [0, 0.05) is 19.8 Å². The van der Waals surface area contributed by atoms with Gasteiger partial charge in [0.15, 0.2) is 0 Å². The van der Waals surface area contributed by atoms with Crippen molar-refractivity contribution in [2.45, 2.75) is 52.2 Å². The highest BCUT2D eigenvalue weighted by Crippen LogP contribution is 2.23. The van der Waals surface area contributed by atoms with Gasteiger partial charge in [0.2, 0.25) is 0 Å². The van der Waals surface area contributed by atoms with Gasteiger partial charge in [-0.25, -0.2) is 0 Å². The van der Waals surface area contributed by atoms with Gasteiger partial charge in [-0.05, 0) is 57.4 Å². The molecule has 0 heterocycles. The van der Waals surface area contributed by atoms with Crippen LogP contribution >= 0.6 is 0 Å². The molecule has 0 aliphatic carbocycles. The first kappa shape index (κ1) is 17.0. The van der Waals surface area contributed by atoms with Gasteiger partial charge in [-0.15, -0.1) is 0 Å². The van der Waals surface area contributed by atoms with Crippen LogP contribution in [-0.4, -0.2) is 26.4 Å². The quantitative estimate of drug-likeness (QED) is 0.658. The van der Waals surface area contributed by atoms with E-state index in [4.69, 9.17) is 9.47 Å². The predicted molar refractivity (Wildman–Crippen MR) is 84.4 cm³/mol. The van der Waals surface area contributed by atoms with Crippen LogP contribution in [0.15, 0.2) is 24.3 Å². The van der Waals surface area contributed by atoms with E-state index in [-0.39, 0.29) is 6.10 Å². The monoisotopic (exact) mass is 279 g/mol. The molecule has 0 saturated carbocycles. The van der Waals surface area contributed by atoms with Crippen molar-refractivity contribution in [2.24, 2.45) is 0 Å². The van der Waals surface area contributed by atoms with Gasteiger partial charge >= 0.3 is 0 Å². The molecule has 20 heavy (non-hydrogen) atoms. The van der Waals surface area contributed by atoms with E-state index in [9.17, 15) is 0 Å². The summed E-state index contributed by atoms with van der Waals surface area (Å²) in [5.74, 6) is 0.951. The highest BCUT2D eigenvalue weighted by Gasteiger charge is 2.11. The molecule has 3 nitrogen and oxygen atoms in total. The van der Waals surface area contributed by atoms with E-state index in [0.717, 1.165) is 38.2 Å². The molecule has 0 spiro atoms. The molecule has 1 atom stereocenters. The minimum atomic E-state index is 0.209. The summed E-state index contributed by atoms with van der Waals surface area (Å²) < 4.78 is 10.9. The molecule has 0 bridgehead atoms. The fourth-order valence-corrected chi connectivity index (χ4v) is 2.21. The standard InChI is InChI=1S/C17H29NO2/c1-5-11-18-17(10-7-12-19-4)15-8-6-9-16(13-15)20-14(2)3/h6,8-9,13-14,17-18H,5,7,10-12H2,1-4H3. The summed E-state index contributed by atoms with van der Waals surface area (Å²) in [6.45, 7) is 8.15. The molecule has 1 aromatic carbocycles. The summed E-state index contributed by atoms with van der Waals surface area (Å²) in [4.78, 5) is 0. The molecule has 0 saturated heterocycles. The van der Waals surface area contributed by atoms with Gasteiger partial charge in [-0.3, -0.25) is 0 Å². The Bertz CT molecular complexity index is 366. The lowest BCUT2D eigenvalue weighted by Gasteiger charge is -2.20. The molecule has 1 rings (SSSR count). The zero-order chi connectivity index (χ0) is 14.8. The number of benzene rings is 1. The van der Waals surface area contributed by atoms with E-state index in [1.807, 2.05) is 6.07 Å². The summed E-state index contributed by atoms with van der Waals surface area (Å²) in [5, 5.41) is 3.61. The maximum absolute atomic E-state index is 5.78. The van der Waals surface area contributed by atoms with Crippen molar-refractivity contribution in [1.29, 1.82) is 0 Å². The lowest BCUT2D eigenvalue weighted by atomic mass is 10.0. The zero-order valence-electron chi connectivity index (χ0n) is 13.3. The van der Waals surface area contributed by atoms with Crippen molar-refractivity contribution in [2.75, 3.05) is 20.3 Å². The largest absolute Gasteiger partial charge is 0.491 e. The molecule has 1 N–H and O–H groups in total. The Kier molecular flexibility index (Phi) is 8.31. The van der Waals surface area contributed by atoms with Crippen LogP contribution in [0.5, 0.6) is 5.75 Å².